The van der Waals surface area contributed by atoms with Gasteiger partial charge in [-0.05, 0) is 36.4 Å². The summed E-state index contributed by atoms with van der Waals surface area (Å²) >= 11 is 1.52. The van der Waals surface area contributed by atoms with Gasteiger partial charge in [0.05, 0.1) is 19.2 Å². The van der Waals surface area contributed by atoms with Crippen molar-refractivity contribution in [2.45, 2.75) is 6.42 Å². The first-order valence-corrected chi connectivity index (χ1v) is 10.5. The summed E-state index contributed by atoms with van der Waals surface area (Å²) in [5.74, 6) is 0.989. The van der Waals surface area contributed by atoms with E-state index in [1.165, 1.54) is 11.3 Å². The van der Waals surface area contributed by atoms with Gasteiger partial charge in [0.1, 0.15) is 5.75 Å². The number of carbonyl (C=O) groups is 1. The molecule has 0 unspecified atom stereocenters. The highest BCUT2D eigenvalue weighted by Crippen LogP contribution is 2.23. The van der Waals surface area contributed by atoms with Crippen LogP contribution in [0.25, 0.3) is 0 Å². The Labute approximate surface area is 174 Å². The van der Waals surface area contributed by atoms with Crippen LogP contribution < -0.4 is 15.0 Å². The second kappa shape index (κ2) is 8.96. The van der Waals surface area contributed by atoms with E-state index in [0.29, 0.717) is 6.42 Å². The van der Waals surface area contributed by atoms with E-state index >= 15 is 0 Å². The molecule has 1 saturated heterocycles. The van der Waals surface area contributed by atoms with Crippen molar-refractivity contribution in [1.29, 1.82) is 0 Å². The summed E-state index contributed by atoms with van der Waals surface area (Å²) in [7, 11) is 1.67. The van der Waals surface area contributed by atoms with Crippen molar-refractivity contribution in [3.8, 4) is 5.75 Å². The summed E-state index contributed by atoms with van der Waals surface area (Å²) in [6, 6.07) is 18.0. The molecule has 3 aromatic rings. The van der Waals surface area contributed by atoms with Gasteiger partial charge in [0.2, 0.25) is 5.91 Å². The molecule has 7 heteroatoms. The van der Waals surface area contributed by atoms with Crippen LogP contribution in [0.1, 0.15) is 5.69 Å². The van der Waals surface area contributed by atoms with E-state index in [1.807, 2.05) is 52.7 Å². The maximum atomic E-state index is 12.7. The van der Waals surface area contributed by atoms with Crippen molar-refractivity contribution >= 4 is 33.8 Å². The lowest BCUT2D eigenvalue weighted by molar-refractivity contribution is -0.130. The van der Waals surface area contributed by atoms with E-state index in [9.17, 15) is 4.79 Å². The molecule has 4 rings (SSSR count). The molecule has 1 fully saturated rings. The van der Waals surface area contributed by atoms with Crippen LogP contribution in [-0.2, 0) is 11.2 Å². The fourth-order valence-corrected chi connectivity index (χ4v) is 4.09. The van der Waals surface area contributed by atoms with Gasteiger partial charge in [0, 0.05) is 42.9 Å². The van der Waals surface area contributed by atoms with Crippen molar-refractivity contribution in [2.24, 2.45) is 0 Å². The van der Waals surface area contributed by atoms with Gasteiger partial charge in [-0.1, -0.05) is 18.2 Å². The Balaban J connectivity index is 1.28. The molecule has 1 aromatic heterocycles. The van der Waals surface area contributed by atoms with E-state index in [2.05, 4.69) is 27.3 Å². The van der Waals surface area contributed by atoms with E-state index < -0.39 is 0 Å². The van der Waals surface area contributed by atoms with Gasteiger partial charge in [-0.2, -0.15) is 0 Å². The number of hydrogen-bond acceptors (Lipinski definition) is 6. The van der Waals surface area contributed by atoms with Crippen molar-refractivity contribution in [1.82, 2.24) is 9.88 Å². The van der Waals surface area contributed by atoms with Gasteiger partial charge in [-0.25, -0.2) is 4.98 Å². The summed E-state index contributed by atoms with van der Waals surface area (Å²) < 4.78 is 5.22. The number of benzene rings is 2. The lowest BCUT2D eigenvalue weighted by Crippen LogP contribution is -2.49. The normalized spacial score (nSPS) is 14.0. The summed E-state index contributed by atoms with van der Waals surface area (Å²) in [6.07, 6.45) is 0.343. The minimum absolute atomic E-state index is 0.135. The number of rotatable bonds is 6. The number of piperazine rings is 1. The number of amides is 1. The Morgan fingerprint density at radius 1 is 1.07 bits per heavy atom. The Bertz CT molecular complexity index is 935. The Hall–Kier alpha value is -3.06. The summed E-state index contributed by atoms with van der Waals surface area (Å²) in [4.78, 5) is 21.5. The minimum Gasteiger partial charge on any atom is -0.497 e. The largest absolute Gasteiger partial charge is 0.497 e. The number of anilines is 3. The zero-order chi connectivity index (χ0) is 20.1. The second-order valence-corrected chi connectivity index (χ2v) is 7.74. The Morgan fingerprint density at radius 3 is 2.48 bits per heavy atom. The number of thiazole rings is 1. The quantitative estimate of drug-likeness (QED) is 0.673. The smallest absolute Gasteiger partial charge is 0.228 e. The van der Waals surface area contributed by atoms with Crippen LogP contribution in [0.2, 0.25) is 0 Å². The molecule has 2 heterocycles. The van der Waals surface area contributed by atoms with Gasteiger partial charge in [-0.15, -0.1) is 11.3 Å². The molecule has 0 saturated carbocycles. The molecule has 6 nitrogen and oxygen atoms in total. The number of nitrogens with one attached hydrogen (secondary N) is 1. The second-order valence-electron chi connectivity index (χ2n) is 6.88. The van der Waals surface area contributed by atoms with Gasteiger partial charge in [0.25, 0.3) is 0 Å². The average molecular weight is 409 g/mol. The Morgan fingerprint density at radius 2 is 1.79 bits per heavy atom. The summed E-state index contributed by atoms with van der Waals surface area (Å²) in [5, 5.41) is 6.04. The first-order chi connectivity index (χ1) is 14.2. The van der Waals surface area contributed by atoms with E-state index in [4.69, 9.17) is 4.74 Å². The van der Waals surface area contributed by atoms with Gasteiger partial charge < -0.3 is 19.9 Å². The number of aromatic nitrogens is 1. The molecule has 1 aliphatic heterocycles. The summed E-state index contributed by atoms with van der Waals surface area (Å²) in [5.41, 5.74) is 2.97. The number of ether oxygens (including phenoxy) is 1. The molecule has 1 aliphatic rings. The minimum atomic E-state index is 0.135. The van der Waals surface area contributed by atoms with Crippen LogP contribution in [0, 0.1) is 0 Å². The maximum Gasteiger partial charge on any atom is 0.228 e. The molecule has 0 radical (unpaired) electrons. The highest BCUT2D eigenvalue weighted by molar-refractivity contribution is 7.13. The SMILES string of the molecule is COc1ccc(N2CCN(C(=O)Cc3csc(Nc4ccccc4)n3)CC2)cc1. The Kier molecular flexibility index (Phi) is 5.95. The van der Waals surface area contributed by atoms with Crippen LogP contribution in [0.3, 0.4) is 0 Å². The topological polar surface area (TPSA) is 57.7 Å². The number of hydrogen-bond donors (Lipinski definition) is 1. The molecule has 1 amide bonds. The average Bonchev–Trinajstić information content (AvgIpc) is 3.21. The summed E-state index contributed by atoms with van der Waals surface area (Å²) in [6.45, 7) is 3.11. The first kappa shape index (κ1) is 19.3. The molecule has 1 N–H and O–H groups in total. The van der Waals surface area contributed by atoms with Gasteiger partial charge in [-0.3, -0.25) is 4.79 Å². The highest BCUT2D eigenvalue weighted by atomic mass is 32.1. The number of para-hydroxylation sites is 1. The third-order valence-corrected chi connectivity index (χ3v) is 5.79. The zero-order valence-electron chi connectivity index (χ0n) is 16.4. The fourth-order valence-electron chi connectivity index (χ4n) is 3.36. The standard InChI is InChI=1S/C22H24N4O2S/c1-28-20-9-7-19(8-10-20)25-11-13-26(14-12-25)21(27)15-18-16-29-22(24-18)23-17-5-3-2-4-6-17/h2-10,16H,11-15H2,1H3,(H,23,24). The monoisotopic (exact) mass is 408 g/mol. The third kappa shape index (κ3) is 4.86. The molecule has 0 aliphatic carbocycles. The van der Waals surface area contributed by atoms with Crippen LogP contribution in [0.15, 0.2) is 60.0 Å². The van der Waals surface area contributed by atoms with Crippen molar-refractivity contribution < 1.29 is 9.53 Å². The van der Waals surface area contributed by atoms with Crippen LogP contribution in [0.5, 0.6) is 5.75 Å². The number of nitrogens with zero attached hydrogens (tertiary/aromatic N) is 3. The van der Waals surface area contributed by atoms with Crippen molar-refractivity contribution in [3.05, 3.63) is 65.7 Å². The zero-order valence-corrected chi connectivity index (χ0v) is 17.2. The first-order valence-electron chi connectivity index (χ1n) is 9.64. The molecule has 0 atom stereocenters. The highest BCUT2D eigenvalue weighted by Gasteiger charge is 2.22. The third-order valence-electron chi connectivity index (χ3n) is 4.98. The molecule has 150 valence electrons. The van der Waals surface area contributed by atoms with Crippen molar-refractivity contribution in [2.75, 3.05) is 43.5 Å². The lowest BCUT2D eigenvalue weighted by atomic mass is 10.2. The lowest BCUT2D eigenvalue weighted by Gasteiger charge is -2.36. The van der Waals surface area contributed by atoms with E-state index in [0.717, 1.165) is 54.1 Å². The van der Waals surface area contributed by atoms with E-state index in [1.54, 1.807) is 7.11 Å². The molecule has 0 bridgehead atoms. The predicted molar refractivity (Wildman–Crippen MR) is 117 cm³/mol. The predicted octanol–water partition coefficient (Wildman–Crippen LogP) is 3.79. The van der Waals surface area contributed by atoms with Crippen LogP contribution >= 0.6 is 11.3 Å². The van der Waals surface area contributed by atoms with E-state index in [-0.39, 0.29) is 5.91 Å². The maximum absolute atomic E-state index is 12.7. The van der Waals surface area contributed by atoms with Crippen molar-refractivity contribution in [3.63, 3.8) is 0 Å². The molecule has 0 spiro atoms. The van der Waals surface area contributed by atoms with Gasteiger partial charge >= 0.3 is 0 Å². The van der Waals surface area contributed by atoms with Crippen LogP contribution in [0.4, 0.5) is 16.5 Å². The van der Waals surface area contributed by atoms with Gasteiger partial charge in [0.15, 0.2) is 5.13 Å². The van der Waals surface area contributed by atoms with Crippen LogP contribution in [-0.4, -0.2) is 49.1 Å². The molecule has 29 heavy (non-hydrogen) atoms. The molecular formula is C22H24N4O2S. The number of methoxy groups -OCH3 is 1. The molecule has 2 aromatic carbocycles. The number of carbonyl (C=O) groups excluding carboxylic acids is 1. The molecular weight excluding hydrogens is 384 g/mol. The fraction of sp³-hybridized carbons (Fsp3) is 0.273.